The first-order valence-corrected chi connectivity index (χ1v) is 7.80. The van der Waals surface area contributed by atoms with E-state index in [0.29, 0.717) is 18.9 Å². The van der Waals surface area contributed by atoms with Gasteiger partial charge >= 0.3 is 0 Å². The van der Waals surface area contributed by atoms with Crippen LogP contribution < -0.4 is 5.73 Å². The van der Waals surface area contributed by atoms with Gasteiger partial charge in [-0.2, -0.15) is 0 Å². The molecule has 0 aliphatic heterocycles. The average Bonchev–Trinajstić information content (AvgIpc) is 2.39. The van der Waals surface area contributed by atoms with Gasteiger partial charge in [0.2, 0.25) is 5.91 Å². The summed E-state index contributed by atoms with van der Waals surface area (Å²) in [6.07, 6.45) is 7.39. The molecule has 20 heavy (non-hydrogen) atoms. The summed E-state index contributed by atoms with van der Waals surface area (Å²) in [6, 6.07) is 0. The Morgan fingerprint density at radius 2 is 1.85 bits per heavy atom. The first-order valence-electron chi connectivity index (χ1n) is 7.80. The van der Waals surface area contributed by atoms with Crippen molar-refractivity contribution < 1.29 is 4.79 Å². The molecule has 1 atom stereocenters. The summed E-state index contributed by atoms with van der Waals surface area (Å²) in [5, 5.41) is 0. The maximum atomic E-state index is 12.3. The molecule has 0 aromatic heterocycles. The Hall–Kier alpha value is -0.280. The van der Waals surface area contributed by atoms with Crippen LogP contribution in [-0.4, -0.2) is 30.9 Å². The number of hydrogen-bond donors (Lipinski definition) is 1. The van der Waals surface area contributed by atoms with E-state index in [4.69, 9.17) is 5.73 Å². The minimum absolute atomic E-state index is 0. The van der Waals surface area contributed by atoms with Gasteiger partial charge in [-0.3, -0.25) is 4.79 Å². The van der Waals surface area contributed by atoms with Crippen LogP contribution >= 0.6 is 12.4 Å². The molecule has 3 nitrogen and oxygen atoms in total. The minimum atomic E-state index is 0. The summed E-state index contributed by atoms with van der Waals surface area (Å²) in [7, 11) is 1.91. The van der Waals surface area contributed by atoms with Crippen molar-refractivity contribution in [1.29, 1.82) is 0 Å². The zero-order valence-electron chi connectivity index (χ0n) is 13.7. The van der Waals surface area contributed by atoms with Crippen molar-refractivity contribution in [3.05, 3.63) is 0 Å². The highest BCUT2D eigenvalue weighted by Crippen LogP contribution is 2.31. The SMILES string of the molecule is CC(CC(=O)N(C)CC(C)(C)CN)C1CCCCC1.Cl. The minimum Gasteiger partial charge on any atom is -0.345 e. The third-order valence-electron chi connectivity index (χ3n) is 4.59. The number of carbonyl (C=O) groups is 1. The monoisotopic (exact) mass is 304 g/mol. The Labute approximate surface area is 131 Å². The molecule has 0 aromatic carbocycles. The van der Waals surface area contributed by atoms with Gasteiger partial charge in [-0.15, -0.1) is 12.4 Å². The second kappa shape index (κ2) is 8.89. The number of hydrogen-bond acceptors (Lipinski definition) is 2. The maximum absolute atomic E-state index is 12.3. The molecule has 0 saturated heterocycles. The van der Waals surface area contributed by atoms with E-state index in [1.807, 2.05) is 11.9 Å². The number of amides is 1. The number of carbonyl (C=O) groups excluding carboxylic acids is 1. The lowest BCUT2D eigenvalue weighted by Gasteiger charge is -2.32. The third kappa shape index (κ3) is 6.45. The van der Waals surface area contributed by atoms with Crippen LogP contribution in [-0.2, 0) is 4.79 Å². The molecule has 1 aliphatic carbocycles. The molecule has 120 valence electrons. The fourth-order valence-corrected chi connectivity index (χ4v) is 3.10. The van der Waals surface area contributed by atoms with E-state index < -0.39 is 0 Å². The molecule has 0 bridgehead atoms. The van der Waals surface area contributed by atoms with Crippen molar-refractivity contribution in [3.63, 3.8) is 0 Å². The van der Waals surface area contributed by atoms with Gasteiger partial charge in [0, 0.05) is 20.0 Å². The van der Waals surface area contributed by atoms with Crippen molar-refractivity contribution >= 4 is 18.3 Å². The molecule has 1 unspecified atom stereocenters. The van der Waals surface area contributed by atoms with E-state index in [1.54, 1.807) is 0 Å². The summed E-state index contributed by atoms with van der Waals surface area (Å²) in [6.45, 7) is 7.83. The number of nitrogens with zero attached hydrogens (tertiary/aromatic N) is 1. The van der Waals surface area contributed by atoms with E-state index in [1.165, 1.54) is 32.1 Å². The lowest BCUT2D eigenvalue weighted by Crippen LogP contribution is -2.40. The smallest absolute Gasteiger partial charge is 0.222 e. The van der Waals surface area contributed by atoms with Gasteiger partial charge in [-0.25, -0.2) is 0 Å². The fourth-order valence-electron chi connectivity index (χ4n) is 3.10. The van der Waals surface area contributed by atoms with Gasteiger partial charge in [-0.1, -0.05) is 52.9 Å². The van der Waals surface area contributed by atoms with Crippen molar-refractivity contribution in [2.75, 3.05) is 20.1 Å². The lowest BCUT2D eigenvalue weighted by atomic mass is 9.79. The van der Waals surface area contributed by atoms with E-state index in [0.717, 1.165) is 12.5 Å². The Balaban J connectivity index is 0.00000361. The molecule has 1 amide bonds. The van der Waals surface area contributed by atoms with Gasteiger partial charge < -0.3 is 10.6 Å². The Morgan fingerprint density at radius 1 is 1.30 bits per heavy atom. The summed E-state index contributed by atoms with van der Waals surface area (Å²) in [4.78, 5) is 14.1. The molecule has 1 rings (SSSR count). The number of nitrogens with two attached hydrogens (primary N) is 1. The predicted octanol–water partition coefficient (Wildman–Crippen LogP) is 3.46. The van der Waals surface area contributed by atoms with Crippen molar-refractivity contribution in [3.8, 4) is 0 Å². The van der Waals surface area contributed by atoms with Gasteiger partial charge in [0.25, 0.3) is 0 Å². The van der Waals surface area contributed by atoms with Crippen LogP contribution in [0.15, 0.2) is 0 Å². The number of halogens is 1. The second-order valence-electron chi connectivity index (χ2n) is 7.20. The van der Waals surface area contributed by atoms with E-state index in [-0.39, 0.29) is 23.7 Å². The first kappa shape index (κ1) is 19.7. The Morgan fingerprint density at radius 3 is 2.35 bits per heavy atom. The summed E-state index contributed by atoms with van der Waals surface area (Å²) in [5.74, 6) is 1.56. The van der Waals surface area contributed by atoms with Crippen LogP contribution in [0.5, 0.6) is 0 Å². The zero-order chi connectivity index (χ0) is 14.5. The van der Waals surface area contributed by atoms with Crippen molar-refractivity contribution in [2.24, 2.45) is 23.0 Å². The highest BCUT2D eigenvalue weighted by atomic mass is 35.5. The molecule has 0 aromatic rings. The lowest BCUT2D eigenvalue weighted by molar-refractivity contribution is -0.132. The molecule has 0 spiro atoms. The van der Waals surface area contributed by atoms with Gasteiger partial charge in [0.1, 0.15) is 0 Å². The topological polar surface area (TPSA) is 46.3 Å². The molecular weight excluding hydrogens is 272 g/mol. The number of rotatable bonds is 6. The van der Waals surface area contributed by atoms with E-state index >= 15 is 0 Å². The molecule has 1 saturated carbocycles. The predicted molar refractivity (Wildman–Crippen MR) is 88.1 cm³/mol. The van der Waals surface area contributed by atoms with Gasteiger partial charge in [-0.05, 0) is 23.8 Å². The largest absolute Gasteiger partial charge is 0.345 e. The van der Waals surface area contributed by atoms with Crippen molar-refractivity contribution in [2.45, 2.75) is 59.3 Å². The van der Waals surface area contributed by atoms with Crippen LogP contribution in [0.2, 0.25) is 0 Å². The quantitative estimate of drug-likeness (QED) is 0.817. The van der Waals surface area contributed by atoms with Gasteiger partial charge in [0.15, 0.2) is 0 Å². The summed E-state index contributed by atoms with van der Waals surface area (Å²) in [5.41, 5.74) is 5.75. The second-order valence-corrected chi connectivity index (χ2v) is 7.20. The summed E-state index contributed by atoms with van der Waals surface area (Å²) < 4.78 is 0. The van der Waals surface area contributed by atoms with Gasteiger partial charge in [0.05, 0.1) is 0 Å². The molecule has 1 fully saturated rings. The van der Waals surface area contributed by atoms with Crippen LogP contribution in [0.1, 0.15) is 59.3 Å². The van der Waals surface area contributed by atoms with Crippen molar-refractivity contribution in [1.82, 2.24) is 4.90 Å². The first-order chi connectivity index (χ1) is 8.85. The Kier molecular flexibility index (Phi) is 8.76. The molecular formula is C16H33ClN2O. The third-order valence-corrected chi connectivity index (χ3v) is 4.59. The van der Waals surface area contributed by atoms with Crippen LogP contribution in [0.25, 0.3) is 0 Å². The molecule has 0 radical (unpaired) electrons. The normalized spacial score (nSPS) is 18.2. The van der Waals surface area contributed by atoms with Crippen LogP contribution in [0.3, 0.4) is 0 Å². The Bertz CT molecular complexity index is 288. The molecule has 0 heterocycles. The highest BCUT2D eigenvalue weighted by molar-refractivity contribution is 5.85. The molecule has 1 aliphatic rings. The van der Waals surface area contributed by atoms with Crippen LogP contribution in [0.4, 0.5) is 0 Å². The standard InChI is InChI=1S/C16H32N2O.ClH/c1-13(14-8-6-5-7-9-14)10-15(19)18(4)12-16(2,3)11-17;/h13-14H,5-12,17H2,1-4H3;1H. The van der Waals surface area contributed by atoms with E-state index in [9.17, 15) is 4.79 Å². The maximum Gasteiger partial charge on any atom is 0.222 e. The average molecular weight is 305 g/mol. The highest BCUT2D eigenvalue weighted by Gasteiger charge is 2.25. The fraction of sp³-hybridized carbons (Fsp3) is 0.938. The van der Waals surface area contributed by atoms with Crippen LogP contribution in [0, 0.1) is 17.3 Å². The summed E-state index contributed by atoms with van der Waals surface area (Å²) >= 11 is 0. The molecule has 2 N–H and O–H groups in total. The zero-order valence-corrected chi connectivity index (χ0v) is 14.5. The molecule has 4 heteroatoms. The van der Waals surface area contributed by atoms with E-state index in [2.05, 4.69) is 20.8 Å².